The number of piperazine rings is 1. The maximum absolute atomic E-state index is 13.1. The van der Waals surface area contributed by atoms with Gasteiger partial charge in [-0.25, -0.2) is 14.4 Å². The number of nitrogens with zero attached hydrogens (tertiary/aromatic N) is 4. The lowest BCUT2D eigenvalue weighted by molar-refractivity contribution is 0.624. The van der Waals surface area contributed by atoms with E-state index in [9.17, 15) is 4.39 Å². The largest absolute Gasteiger partial charge is 0.368 e. The summed E-state index contributed by atoms with van der Waals surface area (Å²) in [5.41, 5.74) is 1.93. The standard InChI is InChI=1S/C21H21ClFN5/c1-15-24-20(26-18-4-2-3-16(22)13-18)14-21(25-15)28-11-9-27(10-12-28)19-7-5-17(23)6-8-19/h2-8,13-14H,9-12H2,1H3,(H,24,25,26). The van der Waals surface area contributed by atoms with Crippen molar-refractivity contribution in [3.05, 3.63) is 71.3 Å². The monoisotopic (exact) mass is 397 g/mol. The maximum Gasteiger partial charge on any atom is 0.136 e. The highest BCUT2D eigenvalue weighted by atomic mass is 35.5. The molecule has 1 saturated heterocycles. The van der Waals surface area contributed by atoms with Gasteiger partial charge in [0.25, 0.3) is 0 Å². The molecule has 4 rings (SSSR count). The first-order chi connectivity index (χ1) is 13.6. The molecule has 0 bridgehead atoms. The van der Waals surface area contributed by atoms with Crippen LogP contribution in [0, 0.1) is 12.7 Å². The van der Waals surface area contributed by atoms with Gasteiger partial charge in [-0.2, -0.15) is 0 Å². The third-order valence-corrected chi connectivity index (χ3v) is 4.95. The first-order valence-electron chi connectivity index (χ1n) is 9.20. The average Bonchev–Trinajstić information content (AvgIpc) is 2.68. The van der Waals surface area contributed by atoms with Crippen LogP contribution in [-0.4, -0.2) is 36.1 Å². The number of rotatable bonds is 4. The fourth-order valence-electron chi connectivity index (χ4n) is 3.34. The molecule has 0 spiro atoms. The molecule has 5 nitrogen and oxygen atoms in total. The van der Waals surface area contributed by atoms with Crippen molar-refractivity contribution in [2.75, 3.05) is 41.3 Å². The molecule has 28 heavy (non-hydrogen) atoms. The first kappa shape index (κ1) is 18.5. The van der Waals surface area contributed by atoms with Crippen LogP contribution < -0.4 is 15.1 Å². The quantitative estimate of drug-likeness (QED) is 0.694. The van der Waals surface area contributed by atoms with Crippen LogP contribution >= 0.6 is 11.6 Å². The number of halogens is 2. The molecule has 0 saturated carbocycles. The first-order valence-corrected chi connectivity index (χ1v) is 9.58. The zero-order valence-corrected chi connectivity index (χ0v) is 16.3. The number of hydrogen-bond donors (Lipinski definition) is 1. The number of aryl methyl sites for hydroxylation is 1. The van der Waals surface area contributed by atoms with E-state index >= 15 is 0 Å². The van der Waals surface area contributed by atoms with Crippen molar-refractivity contribution < 1.29 is 4.39 Å². The summed E-state index contributed by atoms with van der Waals surface area (Å²) in [5, 5.41) is 3.97. The highest BCUT2D eigenvalue weighted by Gasteiger charge is 2.19. The van der Waals surface area contributed by atoms with Crippen molar-refractivity contribution >= 4 is 34.6 Å². The Hall–Kier alpha value is -2.86. The Morgan fingerprint density at radius 1 is 0.929 bits per heavy atom. The van der Waals surface area contributed by atoms with E-state index in [1.54, 1.807) is 0 Å². The summed E-state index contributed by atoms with van der Waals surface area (Å²) < 4.78 is 13.1. The van der Waals surface area contributed by atoms with Gasteiger partial charge in [0.2, 0.25) is 0 Å². The fourth-order valence-corrected chi connectivity index (χ4v) is 3.53. The summed E-state index contributed by atoms with van der Waals surface area (Å²) in [4.78, 5) is 13.6. The van der Waals surface area contributed by atoms with Crippen molar-refractivity contribution in [1.29, 1.82) is 0 Å². The Labute approximate surface area is 168 Å². The lowest BCUT2D eigenvalue weighted by Crippen LogP contribution is -2.46. The molecule has 0 radical (unpaired) electrons. The zero-order chi connectivity index (χ0) is 19.5. The van der Waals surface area contributed by atoms with E-state index in [-0.39, 0.29) is 5.82 Å². The highest BCUT2D eigenvalue weighted by Crippen LogP contribution is 2.24. The zero-order valence-electron chi connectivity index (χ0n) is 15.6. The molecule has 1 aromatic heterocycles. The maximum atomic E-state index is 13.1. The van der Waals surface area contributed by atoms with Crippen molar-refractivity contribution in [2.24, 2.45) is 0 Å². The summed E-state index contributed by atoms with van der Waals surface area (Å²) in [5.74, 6) is 2.14. The molecular weight excluding hydrogens is 377 g/mol. The second kappa shape index (κ2) is 8.02. The van der Waals surface area contributed by atoms with Gasteiger partial charge in [-0.3, -0.25) is 0 Å². The van der Waals surface area contributed by atoms with E-state index in [2.05, 4.69) is 25.1 Å². The predicted octanol–water partition coefficient (Wildman–Crippen LogP) is 4.65. The van der Waals surface area contributed by atoms with Crippen molar-refractivity contribution in [3.63, 3.8) is 0 Å². The van der Waals surface area contributed by atoms with E-state index < -0.39 is 0 Å². The summed E-state index contributed by atoms with van der Waals surface area (Å²) in [6, 6.07) is 16.2. The van der Waals surface area contributed by atoms with Gasteiger partial charge < -0.3 is 15.1 Å². The number of nitrogens with one attached hydrogen (secondary N) is 1. The smallest absolute Gasteiger partial charge is 0.136 e. The SMILES string of the molecule is Cc1nc(Nc2cccc(Cl)c2)cc(N2CCN(c3ccc(F)cc3)CC2)n1. The molecule has 2 heterocycles. The Kier molecular flexibility index (Phi) is 5.30. The van der Waals surface area contributed by atoms with Gasteiger partial charge >= 0.3 is 0 Å². The molecule has 144 valence electrons. The van der Waals surface area contributed by atoms with Crippen LogP contribution in [0.15, 0.2) is 54.6 Å². The van der Waals surface area contributed by atoms with Crippen LogP contribution in [0.2, 0.25) is 5.02 Å². The van der Waals surface area contributed by atoms with Crippen LogP contribution in [0.1, 0.15) is 5.82 Å². The summed E-state index contributed by atoms with van der Waals surface area (Å²) in [7, 11) is 0. The second-order valence-electron chi connectivity index (χ2n) is 6.74. The third-order valence-electron chi connectivity index (χ3n) is 4.72. The minimum Gasteiger partial charge on any atom is -0.368 e. The number of anilines is 4. The lowest BCUT2D eigenvalue weighted by Gasteiger charge is -2.36. The van der Waals surface area contributed by atoms with Gasteiger partial charge in [0.05, 0.1) is 0 Å². The number of benzene rings is 2. The van der Waals surface area contributed by atoms with Gasteiger partial charge in [0, 0.05) is 48.6 Å². The summed E-state index contributed by atoms with van der Waals surface area (Å²) >= 11 is 6.06. The molecule has 2 aromatic carbocycles. The van der Waals surface area contributed by atoms with E-state index in [1.807, 2.05) is 49.4 Å². The Morgan fingerprint density at radius 2 is 1.64 bits per heavy atom. The highest BCUT2D eigenvalue weighted by molar-refractivity contribution is 6.30. The van der Waals surface area contributed by atoms with Crippen molar-refractivity contribution in [1.82, 2.24) is 9.97 Å². The number of hydrogen-bond acceptors (Lipinski definition) is 5. The predicted molar refractivity (Wildman–Crippen MR) is 112 cm³/mol. The van der Waals surface area contributed by atoms with Crippen molar-refractivity contribution in [2.45, 2.75) is 6.92 Å². The van der Waals surface area contributed by atoms with Crippen LogP contribution in [0.5, 0.6) is 0 Å². The number of aromatic nitrogens is 2. The molecule has 7 heteroatoms. The molecule has 1 aliphatic heterocycles. The van der Waals surface area contributed by atoms with E-state index in [1.165, 1.54) is 12.1 Å². The van der Waals surface area contributed by atoms with E-state index in [0.29, 0.717) is 10.8 Å². The van der Waals surface area contributed by atoms with Crippen LogP contribution in [0.4, 0.5) is 27.4 Å². The molecule has 0 atom stereocenters. The van der Waals surface area contributed by atoms with Crippen LogP contribution in [0.3, 0.4) is 0 Å². The second-order valence-corrected chi connectivity index (χ2v) is 7.18. The minimum atomic E-state index is -0.210. The minimum absolute atomic E-state index is 0.210. The molecule has 1 aliphatic rings. The van der Waals surface area contributed by atoms with Crippen molar-refractivity contribution in [3.8, 4) is 0 Å². The normalized spacial score (nSPS) is 14.2. The molecule has 0 unspecified atom stereocenters. The fraction of sp³-hybridized carbons (Fsp3) is 0.238. The third kappa shape index (κ3) is 4.34. The van der Waals surface area contributed by atoms with Crippen LogP contribution in [0.25, 0.3) is 0 Å². The molecule has 0 amide bonds. The molecule has 3 aromatic rings. The average molecular weight is 398 g/mol. The molecule has 1 N–H and O–H groups in total. The van der Waals surface area contributed by atoms with E-state index in [0.717, 1.165) is 49.2 Å². The van der Waals surface area contributed by atoms with Gasteiger partial charge in [-0.05, 0) is 49.4 Å². The lowest BCUT2D eigenvalue weighted by atomic mass is 10.2. The summed E-state index contributed by atoms with van der Waals surface area (Å²) in [6.45, 7) is 5.27. The van der Waals surface area contributed by atoms with Gasteiger partial charge in [-0.15, -0.1) is 0 Å². The molecular formula is C21H21ClFN5. The van der Waals surface area contributed by atoms with Crippen LogP contribution in [-0.2, 0) is 0 Å². The Balaban J connectivity index is 1.46. The van der Waals surface area contributed by atoms with Gasteiger partial charge in [0.1, 0.15) is 23.3 Å². The summed E-state index contributed by atoms with van der Waals surface area (Å²) in [6.07, 6.45) is 0. The van der Waals surface area contributed by atoms with E-state index in [4.69, 9.17) is 11.6 Å². The molecule has 1 fully saturated rings. The Morgan fingerprint density at radius 3 is 2.36 bits per heavy atom. The van der Waals surface area contributed by atoms with Gasteiger partial charge in [0.15, 0.2) is 0 Å². The topological polar surface area (TPSA) is 44.3 Å². The Bertz CT molecular complexity index is 955. The molecule has 0 aliphatic carbocycles. The van der Waals surface area contributed by atoms with Gasteiger partial charge in [-0.1, -0.05) is 17.7 Å².